The monoisotopic (exact) mass is 264 g/mol. The second-order valence-corrected chi connectivity index (χ2v) is 4.67. The second-order valence-electron chi connectivity index (χ2n) is 4.67. The molecule has 100 valence electrons. The Morgan fingerprint density at radius 3 is 2.65 bits per heavy atom. The Bertz CT molecular complexity index is 690. The predicted molar refractivity (Wildman–Crippen MR) is 79.5 cm³/mol. The van der Waals surface area contributed by atoms with Crippen molar-refractivity contribution in [3.63, 3.8) is 0 Å². The highest BCUT2D eigenvalue weighted by atomic mass is 16.5. The van der Waals surface area contributed by atoms with Gasteiger partial charge in [0.2, 0.25) is 0 Å². The van der Waals surface area contributed by atoms with E-state index in [1.165, 1.54) is 11.1 Å². The van der Waals surface area contributed by atoms with Crippen LogP contribution in [0.15, 0.2) is 61.1 Å². The summed E-state index contributed by atoms with van der Waals surface area (Å²) in [5.41, 5.74) is 4.33. The van der Waals surface area contributed by atoms with Crippen molar-refractivity contribution in [2.75, 3.05) is 0 Å². The molecule has 3 aromatic rings. The summed E-state index contributed by atoms with van der Waals surface area (Å²) in [6.07, 6.45) is 3.55. The molecule has 0 saturated heterocycles. The van der Waals surface area contributed by atoms with E-state index in [0.29, 0.717) is 6.61 Å². The first-order valence-corrected chi connectivity index (χ1v) is 6.60. The number of nitrogens with zero attached hydrogens (tertiary/aromatic N) is 1. The van der Waals surface area contributed by atoms with Gasteiger partial charge in [-0.05, 0) is 30.2 Å². The Balaban J connectivity index is 1.84. The molecule has 0 aliphatic rings. The van der Waals surface area contributed by atoms with Crippen LogP contribution in [0, 0.1) is 6.92 Å². The van der Waals surface area contributed by atoms with Crippen molar-refractivity contribution in [2.24, 2.45) is 0 Å². The number of nitrogens with one attached hydrogen (secondary N) is 1. The minimum absolute atomic E-state index is 0.564. The second kappa shape index (κ2) is 5.61. The van der Waals surface area contributed by atoms with E-state index in [2.05, 4.69) is 29.0 Å². The highest BCUT2D eigenvalue weighted by Gasteiger charge is 2.08. The fourth-order valence-electron chi connectivity index (χ4n) is 2.14. The van der Waals surface area contributed by atoms with Crippen LogP contribution in [0.4, 0.5) is 0 Å². The maximum atomic E-state index is 5.97. The maximum Gasteiger partial charge on any atom is 0.129 e. The zero-order chi connectivity index (χ0) is 13.8. The standard InChI is InChI=1S/C17H16N2O/c1-13-6-2-3-7-14(13)11-20-17-9-5-4-8-15(17)16-10-18-12-19-16/h2-10,12H,11H2,1H3,(H,18,19). The lowest BCUT2D eigenvalue weighted by Gasteiger charge is -2.11. The first kappa shape index (κ1) is 12.5. The van der Waals surface area contributed by atoms with Crippen LogP contribution in [-0.2, 0) is 6.61 Å². The van der Waals surface area contributed by atoms with Crippen LogP contribution in [0.5, 0.6) is 5.75 Å². The third-order valence-electron chi connectivity index (χ3n) is 3.31. The smallest absolute Gasteiger partial charge is 0.129 e. The Hall–Kier alpha value is -2.55. The third-order valence-corrected chi connectivity index (χ3v) is 3.31. The number of imidazole rings is 1. The summed E-state index contributed by atoms with van der Waals surface area (Å²) in [5, 5.41) is 0. The van der Waals surface area contributed by atoms with Gasteiger partial charge in [-0.2, -0.15) is 0 Å². The average molecular weight is 264 g/mol. The largest absolute Gasteiger partial charge is 0.488 e. The SMILES string of the molecule is Cc1ccccc1COc1ccccc1-c1c[nH]cn1. The molecule has 0 bridgehead atoms. The molecule has 20 heavy (non-hydrogen) atoms. The molecule has 3 heteroatoms. The molecule has 0 atom stereocenters. The lowest BCUT2D eigenvalue weighted by atomic mass is 10.1. The minimum Gasteiger partial charge on any atom is -0.488 e. The zero-order valence-corrected chi connectivity index (χ0v) is 11.3. The van der Waals surface area contributed by atoms with Gasteiger partial charge in [0.15, 0.2) is 0 Å². The minimum atomic E-state index is 0.564. The predicted octanol–water partition coefficient (Wildman–Crippen LogP) is 3.96. The summed E-state index contributed by atoms with van der Waals surface area (Å²) in [7, 11) is 0. The van der Waals surface area contributed by atoms with Gasteiger partial charge < -0.3 is 9.72 Å². The van der Waals surface area contributed by atoms with Crippen molar-refractivity contribution in [3.05, 3.63) is 72.2 Å². The molecule has 1 aromatic heterocycles. The quantitative estimate of drug-likeness (QED) is 0.774. The highest BCUT2D eigenvalue weighted by Crippen LogP contribution is 2.28. The molecule has 0 spiro atoms. The van der Waals surface area contributed by atoms with Crippen LogP contribution in [0.25, 0.3) is 11.3 Å². The molecule has 0 amide bonds. The van der Waals surface area contributed by atoms with E-state index in [1.807, 2.05) is 42.6 Å². The molecule has 0 saturated carbocycles. The van der Waals surface area contributed by atoms with Crippen LogP contribution >= 0.6 is 0 Å². The highest BCUT2D eigenvalue weighted by molar-refractivity contribution is 5.66. The van der Waals surface area contributed by atoms with E-state index < -0.39 is 0 Å². The van der Waals surface area contributed by atoms with Gasteiger partial charge in [-0.25, -0.2) is 4.98 Å². The third kappa shape index (κ3) is 2.57. The Labute approximate surface area is 118 Å². The Morgan fingerprint density at radius 1 is 1.05 bits per heavy atom. The number of aromatic amines is 1. The number of rotatable bonds is 4. The van der Waals surface area contributed by atoms with Crippen molar-refractivity contribution in [1.82, 2.24) is 9.97 Å². The summed E-state index contributed by atoms with van der Waals surface area (Å²) >= 11 is 0. The molecule has 0 unspecified atom stereocenters. The van der Waals surface area contributed by atoms with Crippen LogP contribution in [0.3, 0.4) is 0 Å². The van der Waals surface area contributed by atoms with Gasteiger partial charge in [0.25, 0.3) is 0 Å². The summed E-state index contributed by atoms with van der Waals surface area (Å²) in [5.74, 6) is 0.850. The molecular formula is C17H16N2O. The number of aromatic nitrogens is 2. The molecule has 3 nitrogen and oxygen atoms in total. The van der Waals surface area contributed by atoms with Crippen molar-refractivity contribution < 1.29 is 4.74 Å². The topological polar surface area (TPSA) is 37.9 Å². The van der Waals surface area contributed by atoms with Gasteiger partial charge in [0.05, 0.1) is 12.0 Å². The summed E-state index contributed by atoms with van der Waals surface area (Å²) in [4.78, 5) is 7.26. The number of para-hydroxylation sites is 1. The molecule has 2 aromatic carbocycles. The number of benzene rings is 2. The van der Waals surface area contributed by atoms with E-state index in [9.17, 15) is 0 Å². The molecule has 1 N–H and O–H groups in total. The summed E-state index contributed by atoms with van der Waals surface area (Å²) in [6, 6.07) is 16.2. The first-order valence-electron chi connectivity index (χ1n) is 6.60. The summed E-state index contributed by atoms with van der Waals surface area (Å²) in [6.45, 7) is 2.66. The number of ether oxygens (including phenoxy) is 1. The molecule has 0 fully saturated rings. The Morgan fingerprint density at radius 2 is 1.85 bits per heavy atom. The van der Waals surface area contributed by atoms with Gasteiger partial charge in [0, 0.05) is 11.8 Å². The number of aryl methyl sites for hydroxylation is 1. The number of H-pyrrole nitrogens is 1. The van der Waals surface area contributed by atoms with Crippen LogP contribution in [0.2, 0.25) is 0 Å². The van der Waals surface area contributed by atoms with Crippen LogP contribution < -0.4 is 4.74 Å². The van der Waals surface area contributed by atoms with Gasteiger partial charge in [-0.3, -0.25) is 0 Å². The van der Waals surface area contributed by atoms with Crippen LogP contribution in [-0.4, -0.2) is 9.97 Å². The number of hydrogen-bond donors (Lipinski definition) is 1. The van der Waals surface area contributed by atoms with E-state index in [1.54, 1.807) is 6.33 Å². The molecule has 0 radical (unpaired) electrons. The van der Waals surface area contributed by atoms with E-state index >= 15 is 0 Å². The van der Waals surface area contributed by atoms with Crippen molar-refractivity contribution in [3.8, 4) is 17.0 Å². The lowest BCUT2D eigenvalue weighted by Crippen LogP contribution is -1.98. The lowest BCUT2D eigenvalue weighted by molar-refractivity contribution is 0.306. The molecule has 1 heterocycles. The summed E-state index contributed by atoms with van der Waals surface area (Å²) < 4.78 is 5.97. The van der Waals surface area contributed by atoms with Crippen molar-refractivity contribution in [1.29, 1.82) is 0 Å². The fraction of sp³-hybridized carbons (Fsp3) is 0.118. The van der Waals surface area contributed by atoms with Gasteiger partial charge in [0.1, 0.15) is 12.4 Å². The molecule has 0 aliphatic carbocycles. The maximum absolute atomic E-state index is 5.97. The average Bonchev–Trinajstić information content (AvgIpc) is 3.01. The normalized spacial score (nSPS) is 10.4. The zero-order valence-electron chi connectivity index (χ0n) is 11.3. The first-order chi connectivity index (χ1) is 9.84. The molecular weight excluding hydrogens is 248 g/mol. The van der Waals surface area contributed by atoms with E-state index in [0.717, 1.165) is 17.0 Å². The Kier molecular flexibility index (Phi) is 3.50. The van der Waals surface area contributed by atoms with E-state index in [-0.39, 0.29) is 0 Å². The van der Waals surface area contributed by atoms with Crippen molar-refractivity contribution in [2.45, 2.75) is 13.5 Å². The van der Waals surface area contributed by atoms with E-state index in [4.69, 9.17) is 4.74 Å². The fourth-order valence-corrected chi connectivity index (χ4v) is 2.14. The number of hydrogen-bond acceptors (Lipinski definition) is 2. The van der Waals surface area contributed by atoms with Crippen molar-refractivity contribution >= 4 is 0 Å². The van der Waals surface area contributed by atoms with Gasteiger partial charge in [-0.15, -0.1) is 0 Å². The van der Waals surface area contributed by atoms with Crippen LogP contribution in [0.1, 0.15) is 11.1 Å². The molecule has 0 aliphatic heterocycles. The van der Waals surface area contributed by atoms with Gasteiger partial charge >= 0.3 is 0 Å². The molecule has 3 rings (SSSR count). The van der Waals surface area contributed by atoms with Gasteiger partial charge in [-0.1, -0.05) is 36.4 Å².